The fourth-order valence-corrected chi connectivity index (χ4v) is 15.1. The Morgan fingerprint density at radius 3 is 0.909 bits per heavy atom. The van der Waals surface area contributed by atoms with Crippen molar-refractivity contribution in [3.8, 4) is 58.5 Å². The second-order valence-corrected chi connectivity index (χ2v) is 22.6. The lowest BCUT2D eigenvalue weighted by Crippen LogP contribution is -2.48. The van der Waals surface area contributed by atoms with Crippen LogP contribution >= 0.6 is 90.7 Å². The molecule has 0 aliphatic heterocycles. The summed E-state index contributed by atoms with van der Waals surface area (Å²) in [6.07, 6.45) is 0. The van der Waals surface area contributed by atoms with Gasteiger partial charge in [0, 0.05) is 90.6 Å². The molecule has 1 aliphatic carbocycles. The molecule has 0 radical (unpaired) electrons. The Bertz CT molecular complexity index is 2580. The third kappa shape index (κ3) is 6.14. The second kappa shape index (κ2) is 13.5. The Morgan fingerprint density at radius 2 is 0.600 bits per heavy atom. The van der Waals surface area contributed by atoms with Crippen molar-refractivity contribution in [2.75, 3.05) is 0 Å². The fraction of sp³-hybridized carbons (Fsp3) is 0.171. The molecule has 0 saturated heterocycles. The van der Waals surface area contributed by atoms with Crippen LogP contribution in [0.2, 0.25) is 0 Å². The van der Waals surface area contributed by atoms with Gasteiger partial charge in [0.15, 0.2) is 0 Å². The Hall–Kier alpha value is -3.08. The van der Waals surface area contributed by atoms with Crippen LogP contribution in [0.3, 0.4) is 0 Å². The molecule has 0 unspecified atom stereocenters. The molecule has 9 rings (SSSR count). The Balaban J connectivity index is 1.29. The summed E-state index contributed by atoms with van der Waals surface area (Å²) >= 11 is 11.1. The van der Waals surface area contributed by atoms with Crippen LogP contribution in [0, 0.1) is 27.7 Å². The summed E-state index contributed by atoms with van der Waals surface area (Å²) in [4.78, 5) is 12.2. The SMILES string of the molecule is Cc1ccc(-c2ccc(-c3cc(C4=C(c5cc(-c6ccc(-c7ccc(C)s7)s6)sc5-c5ccc(C)s5)C(F)(F)C(F)(F)C4(F)F)c(-c4ccc(C)s4)s3)s2)s1. The topological polar surface area (TPSA) is 0 Å². The van der Waals surface area contributed by atoms with Crippen molar-refractivity contribution in [2.45, 2.75) is 45.5 Å². The molecule has 0 spiro atoms. The van der Waals surface area contributed by atoms with Crippen LogP contribution in [0.1, 0.15) is 30.6 Å². The first-order valence-corrected chi connectivity index (χ1v) is 23.3. The number of thiophene rings is 8. The highest BCUT2D eigenvalue weighted by atomic mass is 32.1. The van der Waals surface area contributed by atoms with Crippen LogP contribution in [0.15, 0.2) is 84.9 Å². The molecule has 0 fully saturated rings. The molecule has 14 heteroatoms. The van der Waals surface area contributed by atoms with Gasteiger partial charge in [0.1, 0.15) is 0 Å². The number of hydrogen-bond donors (Lipinski definition) is 0. The molecular formula is C41H26F6S8. The summed E-state index contributed by atoms with van der Waals surface area (Å²) in [5.74, 6) is -16.1. The Morgan fingerprint density at radius 1 is 0.327 bits per heavy atom. The molecule has 8 heterocycles. The van der Waals surface area contributed by atoms with E-state index in [1.165, 1.54) is 57.5 Å². The van der Waals surface area contributed by atoms with E-state index in [9.17, 15) is 0 Å². The number of halogens is 6. The van der Waals surface area contributed by atoms with E-state index in [1.54, 1.807) is 34.8 Å². The minimum absolute atomic E-state index is 0.258. The smallest absolute Gasteiger partial charge is 0.194 e. The van der Waals surface area contributed by atoms with Crippen LogP contribution in [0.25, 0.3) is 69.7 Å². The van der Waals surface area contributed by atoms with Gasteiger partial charge in [0.05, 0.1) is 9.75 Å². The number of alkyl halides is 6. The molecular weight excluding hydrogens is 863 g/mol. The van der Waals surface area contributed by atoms with Gasteiger partial charge in [-0.05, 0) is 113 Å². The Labute approximate surface area is 345 Å². The zero-order valence-corrected chi connectivity index (χ0v) is 35.6. The molecule has 280 valence electrons. The van der Waals surface area contributed by atoms with Crippen molar-refractivity contribution in [3.05, 3.63) is 116 Å². The number of aryl methyl sites for hydroxylation is 4. The monoisotopic (exact) mass is 888 g/mol. The van der Waals surface area contributed by atoms with Gasteiger partial charge in [-0.25, -0.2) is 0 Å². The number of hydrogen-bond acceptors (Lipinski definition) is 8. The molecule has 0 N–H and O–H groups in total. The summed E-state index contributed by atoms with van der Waals surface area (Å²) in [6.45, 7) is 7.72. The second-order valence-electron chi connectivity index (χ2n) is 13.1. The van der Waals surface area contributed by atoms with Crippen molar-refractivity contribution >= 4 is 102 Å². The van der Waals surface area contributed by atoms with Crippen molar-refractivity contribution < 1.29 is 26.3 Å². The summed E-state index contributed by atoms with van der Waals surface area (Å²) in [5.41, 5.74) is -3.24. The van der Waals surface area contributed by atoms with E-state index < -0.39 is 28.9 Å². The average molecular weight is 889 g/mol. The maximum absolute atomic E-state index is 16.6. The lowest BCUT2D eigenvalue weighted by atomic mass is 9.94. The normalized spacial score (nSPS) is 16.2. The zero-order chi connectivity index (χ0) is 38.6. The van der Waals surface area contributed by atoms with E-state index in [1.807, 2.05) is 88.4 Å². The summed E-state index contributed by atoms with van der Waals surface area (Å²) in [5, 5.41) is 0. The molecule has 0 bridgehead atoms. The molecule has 0 atom stereocenters. The van der Waals surface area contributed by atoms with Gasteiger partial charge in [-0.15, -0.1) is 90.7 Å². The molecule has 0 nitrogen and oxygen atoms in total. The van der Waals surface area contributed by atoms with Gasteiger partial charge < -0.3 is 0 Å². The predicted molar refractivity (Wildman–Crippen MR) is 229 cm³/mol. The van der Waals surface area contributed by atoms with Gasteiger partial charge in [-0.3, -0.25) is 0 Å². The van der Waals surface area contributed by atoms with Crippen molar-refractivity contribution in [2.24, 2.45) is 0 Å². The van der Waals surface area contributed by atoms with Crippen LogP contribution in [-0.4, -0.2) is 17.8 Å². The van der Waals surface area contributed by atoms with Crippen LogP contribution in [0.4, 0.5) is 26.3 Å². The lowest BCUT2D eigenvalue weighted by Gasteiger charge is -2.25. The number of allylic oxidation sites excluding steroid dienone is 2. The van der Waals surface area contributed by atoms with Gasteiger partial charge in [0.25, 0.3) is 0 Å². The molecule has 0 aromatic carbocycles. The van der Waals surface area contributed by atoms with Gasteiger partial charge >= 0.3 is 17.8 Å². The van der Waals surface area contributed by atoms with E-state index in [-0.39, 0.29) is 20.9 Å². The molecule has 8 aromatic rings. The summed E-state index contributed by atoms with van der Waals surface area (Å²) in [7, 11) is 0. The first kappa shape index (κ1) is 37.5. The molecule has 8 aromatic heterocycles. The first-order valence-electron chi connectivity index (χ1n) is 16.8. The highest BCUT2D eigenvalue weighted by molar-refractivity contribution is 7.29. The lowest BCUT2D eigenvalue weighted by molar-refractivity contribution is -0.254. The summed E-state index contributed by atoms with van der Waals surface area (Å²) in [6, 6.07) is 25.6. The maximum atomic E-state index is 16.6. The van der Waals surface area contributed by atoms with Crippen molar-refractivity contribution in [1.82, 2.24) is 0 Å². The Kier molecular flexibility index (Phi) is 9.21. The van der Waals surface area contributed by atoms with E-state index in [0.29, 0.717) is 19.5 Å². The van der Waals surface area contributed by atoms with Crippen LogP contribution in [-0.2, 0) is 0 Å². The largest absolute Gasteiger partial charge is 0.380 e. The first-order chi connectivity index (χ1) is 26.1. The van der Waals surface area contributed by atoms with E-state index in [0.717, 1.165) is 71.4 Å². The molecule has 55 heavy (non-hydrogen) atoms. The minimum atomic E-state index is -5.69. The van der Waals surface area contributed by atoms with Gasteiger partial charge in [0.2, 0.25) is 0 Å². The quantitative estimate of drug-likeness (QED) is 0.133. The highest BCUT2D eigenvalue weighted by Gasteiger charge is 2.80. The van der Waals surface area contributed by atoms with Crippen molar-refractivity contribution in [3.63, 3.8) is 0 Å². The standard InChI is InChI=1S/C41H26F6S8/c1-19-5-9-25(48-19)27-13-15-29(52-27)33-17-23(37(54-33)31-11-7-21(3)50-31)35-36(40(44,45)41(46,47)39(35,42)43)24-18-34(55-38(24)32-12-8-22(4)51-32)30-16-14-28(53-30)26-10-6-20(2)49-26/h5-18H,1-4H3. The van der Waals surface area contributed by atoms with Crippen molar-refractivity contribution in [1.29, 1.82) is 0 Å². The molecule has 0 amide bonds. The third-order valence-corrected chi connectivity index (χ3v) is 18.8. The summed E-state index contributed by atoms with van der Waals surface area (Å²) < 4.78 is 98.5. The van der Waals surface area contributed by atoms with Gasteiger partial charge in [-0.1, -0.05) is 0 Å². The van der Waals surface area contributed by atoms with E-state index in [2.05, 4.69) is 0 Å². The maximum Gasteiger partial charge on any atom is 0.380 e. The van der Waals surface area contributed by atoms with Crippen LogP contribution in [0.5, 0.6) is 0 Å². The average Bonchev–Trinajstić information content (AvgIpc) is 3.97. The highest BCUT2D eigenvalue weighted by Crippen LogP contribution is 2.68. The van der Waals surface area contributed by atoms with Crippen LogP contribution < -0.4 is 0 Å². The van der Waals surface area contributed by atoms with E-state index >= 15 is 26.3 Å². The zero-order valence-electron chi connectivity index (χ0n) is 29.1. The predicted octanol–water partition coefficient (Wildman–Crippen LogP) is 17.2. The molecule has 1 aliphatic rings. The van der Waals surface area contributed by atoms with E-state index in [4.69, 9.17) is 0 Å². The minimum Gasteiger partial charge on any atom is -0.194 e. The fourth-order valence-electron chi connectivity index (χ4n) is 6.65. The third-order valence-electron chi connectivity index (χ3n) is 9.26. The van der Waals surface area contributed by atoms with Gasteiger partial charge in [-0.2, -0.15) is 26.3 Å². The molecule has 0 saturated carbocycles. The number of rotatable bonds is 8.